The van der Waals surface area contributed by atoms with Crippen LogP contribution in [0.5, 0.6) is 5.75 Å². The zero-order valence-electron chi connectivity index (χ0n) is 13.4. The van der Waals surface area contributed by atoms with Crippen LogP contribution < -0.4 is 4.74 Å². The van der Waals surface area contributed by atoms with E-state index in [2.05, 4.69) is 20.3 Å². The summed E-state index contributed by atoms with van der Waals surface area (Å²) in [7, 11) is 0. The third-order valence-electron chi connectivity index (χ3n) is 3.60. The summed E-state index contributed by atoms with van der Waals surface area (Å²) in [6.07, 6.45) is 1.29. The Morgan fingerprint density at radius 2 is 1.64 bits per heavy atom. The van der Waals surface area contributed by atoms with Crippen LogP contribution in [0.25, 0.3) is 22.9 Å². The van der Waals surface area contributed by atoms with Gasteiger partial charge in [-0.1, -0.05) is 22.9 Å². The van der Waals surface area contributed by atoms with E-state index < -0.39 is 0 Å². The number of hydrogen-bond acceptors (Lipinski definition) is 7. The molecule has 0 radical (unpaired) electrons. The van der Waals surface area contributed by atoms with Gasteiger partial charge in [0, 0.05) is 11.1 Å². The molecule has 0 saturated heterocycles. The monoisotopic (exact) mass is 334 g/mol. The molecule has 7 heteroatoms. The number of aryl methyl sites for hydroxylation is 1. The molecule has 0 fully saturated rings. The van der Waals surface area contributed by atoms with E-state index >= 15 is 0 Å². The van der Waals surface area contributed by atoms with Crippen molar-refractivity contribution in [2.75, 3.05) is 0 Å². The van der Waals surface area contributed by atoms with Gasteiger partial charge in [-0.2, -0.15) is 4.98 Å². The number of rotatable bonds is 5. The molecule has 124 valence electrons. The van der Waals surface area contributed by atoms with Crippen molar-refractivity contribution in [2.45, 2.75) is 13.5 Å². The second-order valence-corrected chi connectivity index (χ2v) is 5.44. The third kappa shape index (κ3) is 3.40. The van der Waals surface area contributed by atoms with Gasteiger partial charge < -0.3 is 13.7 Å². The second-order valence-electron chi connectivity index (χ2n) is 5.44. The average molecular weight is 334 g/mol. The lowest BCUT2D eigenvalue weighted by molar-refractivity contribution is 0.287. The van der Waals surface area contributed by atoms with Crippen molar-refractivity contribution in [3.63, 3.8) is 0 Å². The van der Waals surface area contributed by atoms with Crippen molar-refractivity contribution < 1.29 is 13.7 Å². The molecule has 4 aromatic rings. The fourth-order valence-corrected chi connectivity index (χ4v) is 2.27. The van der Waals surface area contributed by atoms with Gasteiger partial charge in [0.1, 0.15) is 5.75 Å². The Bertz CT molecular complexity index is 945. The lowest BCUT2D eigenvalue weighted by Crippen LogP contribution is -1.97. The van der Waals surface area contributed by atoms with Crippen molar-refractivity contribution in [1.29, 1.82) is 0 Å². The lowest BCUT2D eigenvalue weighted by atomic mass is 10.1. The van der Waals surface area contributed by atoms with Gasteiger partial charge in [-0.3, -0.25) is 0 Å². The lowest BCUT2D eigenvalue weighted by Gasteiger charge is -2.03. The van der Waals surface area contributed by atoms with Gasteiger partial charge in [0.2, 0.25) is 18.1 Å². The molecule has 0 aliphatic rings. The first-order valence-corrected chi connectivity index (χ1v) is 7.67. The first kappa shape index (κ1) is 15.1. The molecule has 25 heavy (non-hydrogen) atoms. The second kappa shape index (κ2) is 6.56. The maximum absolute atomic E-state index is 5.68. The normalized spacial score (nSPS) is 10.8. The maximum atomic E-state index is 5.68. The zero-order valence-corrected chi connectivity index (χ0v) is 13.4. The van der Waals surface area contributed by atoms with E-state index in [4.69, 9.17) is 13.7 Å². The van der Waals surface area contributed by atoms with Crippen molar-refractivity contribution in [1.82, 2.24) is 20.3 Å². The predicted molar refractivity (Wildman–Crippen MR) is 88.5 cm³/mol. The number of benzene rings is 2. The predicted octanol–water partition coefficient (Wildman–Crippen LogP) is 3.67. The van der Waals surface area contributed by atoms with Crippen molar-refractivity contribution in [3.05, 3.63) is 66.3 Å². The molecule has 0 atom stereocenters. The average Bonchev–Trinajstić information content (AvgIpc) is 3.33. The minimum Gasteiger partial charge on any atom is -0.485 e. The van der Waals surface area contributed by atoms with E-state index in [1.165, 1.54) is 12.0 Å². The number of hydrogen-bond donors (Lipinski definition) is 0. The molecule has 0 bridgehead atoms. The van der Waals surface area contributed by atoms with Crippen LogP contribution in [0.3, 0.4) is 0 Å². The minimum absolute atomic E-state index is 0.218. The van der Waals surface area contributed by atoms with Crippen LogP contribution in [-0.2, 0) is 6.61 Å². The van der Waals surface area contributed by atoms with Crippen LogP contribution in [-0.4, -0.2) is 20.3 Å². The first-order chi connectivity index (χ1) is 12.3. The third-order valence-corrected chi connectivity index (χ3v) is 3.60. The van der Waals surface area contributed by atoms with E-state index in [1.807, 2.05) is 55.5 Å². The molecule has 0 saturated carbocycles. The molecule has 2 aromatic heterocycles. The highest BCUT2D eigenvalue weighted by molar-refractivity contribution is 5.54. The largest absolute Gasteiger partial charge is 0.485 e. The van der Waals surface area contributed by atoms with Crippen molar-refractivity contribution in [2.24, 2.45) is 0 Å². The van der Waals surface area contributed by atoms with Crippen molar-refractivity contribution in [3.8, 4) is 28.7 Å². The molecule has 0 spiro atoms. The van der Waals surface area contributed by atoms with Crippen LogP contribution in [0.1, 0.15) is 11.4 Å². The van der Waals surface area contributed by atoms with Gasteiger partial charge in [-0.05, 0) is 43.3 Å². The minimum atomic E-state index is 0.218. The van der Waals surface area contributed by atoms with Gasteiger partial charge in [0.25, 0.3) is 5.89 Å². The first-order valence-electron chi connectivity index (χ1n) is 7.67. The molecule has 2 aromatic carbocycles. The molecule has 0 N–H and O–H groups in total. The Kier molecular flexibility index (Phi) is 3.96. The SMILES string of the molecule is Cc1ccc(-c2nc(COc3ccc(-c4nnco4)cc3)no2)cc1. The Morgan fingerprint density at radius 1 is 0.920 bits per heavy atom. The molecular weight excluding hydrogens is 320 g/mol. The Hall–Kier alpha value is -3.48. The van der Waals surface area contributed by atoms with Crippen LogP contribution in [0.4, 0.5) is 0 Å². The van der Waals surface area contributed by atoms with Crippen molar-refractivity contribution >= 4 is 0 Å². The van der Waals surface area contributed by atoms with Gasteiger partial charge in [0.05, 0.1) is 0 Å². The fraction of sp³-hybridized carbons (Fsp3) is 0.111. The molecule has 0 aliphatic heterocycles. The van der Waals surface area contributed by atoms with E-state index in [9.17, 15) is 0 Å². The van der Waals surface area contributed by atoms with E-state index in [0.717, 1.165) is 11.1 Å². The summed E-state index contributed by atoms with van der Waals surface area (Å²) in [5, 5.41) is 11.5. The fourth-order valence-electron chi connectivity index (χ4n) is 2.27. The maximum Gasteiger partial charge on any atom is 0.258 e. The number of nitrogens with zero attached hydrogens (tertiary/aromatic N) is 4. The van der Waals surface area contributed by atoms with Crippen LogP contribution in [0, 0.1) is 6.92 Å². The Labute approximate surface area is 143 Å². The van der Waals surface area contributed by atoms with Crippen LogP contribution in [0.2, 0.25) is 0 Å². The molecule has 7 nitrogen and oxygen atoms in total. The number of ether oxygens (including phenoxy) is 1. The van der Waals surface area contributed by atoms with Gasteiger partial charge >= 0.3 is 0 Å². The quantitative estimate of drug-likeness (QED) is 0.550. The summed E-state index contributed by atoms with van der Waals surface area (Å²) in [5.41, 5.74) is 2.88. The summed E-state index contributed by atoms with van der Waals surface area (Å²) >= 11 is 0. The van der Waals surface area contributed by atoms with E-state index in [0.29, 0.717) is 23.4 Å². The van der Waals surface area contributed by atoms with Gasteiger partial charge in [0.15, 0.2) is 6.61 Å². The molecule has 0 unspecified atom stereocenters. The smallest absolute Gasteiger partial charge is 0.258 e. The van der Waals surface area contributed by atoms with Gasteiger partial charge in [-0.25, -0.2) is 0 Å². The highest BCUT2D eigenvalue weighted by Gasteiger charge is 2.09. The van der Waals surface area contributed by atoms with E-state index in [-0.39, 0.29) is 6.61 Å². The Balaban J connectivity index is 1.41. The zero-order chi connectivity index (χ0) is 17.1. The Morgan fingerprint density at radius 3 is 2.36 bits per heavy atom. The summed E-state index contributed by atoms with van der Waals surface area (Å²) in [6, 6.07) is 15.2. The molecule has 2 heterocycles. The van der Waals surface area contributed by atoms with E-state index in [1.54, 1.807) is 0 Å². The van der Waals surface area contributed by atoms with Gasteiger partial charge in [-0.15, -0.1) is 10.2 Å². The standard InChI is InChI=1S/C18H14N4O3/c1-12-2-4-13(5-3-12)17-20-16(22-25-17)10-23-15-8-6-14(7-9-15)18-21-19-11-24-18/h2-9,11H,10H2,1H3. The van der Waals surface area contributed by atoms with Crippen LogP contribution in [0.15, 0.2) is 63.9 Å². The summed E-state index contributed by atoms with van der Waals surface area (Å²) in [5.74, 6) is 2.11. The summed E-state index contributed by atoms with van der Waals surface area (Å²) in [4.78, 5) is 4.35. The molecule has 0 aliphatic carbocycles. The number of aromatic nitrogens is 4. The summed E-state index contributed by atoms with van der Waals surface area (Å²) in [6.45, 7) is 2.25. The highest BCUT2D eigenvalue weighted by atomic mass is 16.5. The molecular formula is C18H14N4O3. The molecule has 0 amide bonds. The summed E-state index contributed by atoms with van der Waals surface area (Å²) < 4.78 is 16.1. The van der Waals surface area contributed by atoms with Crippen LogP contribution >= 0.6 is 0 Å². The molecule has 4 rings (SSSR count). The topological polar surface area (TPSA) is 87.1 Å². The highest BCUT2D eigenvalue weighted by Crippen LogP contribution is 2.21.